The van der Waals surface area contributed by atoms with Crippen molar-refractivity contribution in [3.05, 3.63) is 48.4 Å². The minimum Gasteiger partial charge on any atom is -0.260 e. The number of nitrogens with one attached hydrogen (secondary N) is 1. The first kappa shape index (κ1) is 9.03. The van der Waals surface area contributed by atoms with Gasteiger partial charge in [0.05, 0.1) is 5.39 Å². The summed E-state index contributed by atoms with van der Waals surface area (Å²) in [4.78, 5) is 4.11. The number of hydrogen-bond acceptors (Lipinski definition) is 2. The van der Waals surface area contributed by atoms with Crippen LogP contribution in [0.5, 0.6) is 0 Å². The van der Waals surface area contributed by atoms with E-state index in [1.54, 1.807) is 24.4 Å². The molecular weight excluding hydrogens is 205 g/mol. The second kappa shape index (κ2) is 3.41. The van der Waals surface area contributed by atoms with E-state index in [9.17, 15) is 4.39 Å². The summed E-state index contributed by atoms with van der Waals surface area (Å²) in [6.07, 6.45) is 1.63. The summed E-state index contributed by atoms with van der Waals surface area (Å²) < 4.78 is 13.1. The first-order valence-corrected chi connectivity index (χ1v) is 4.81. The molecule has 77 valence electrons. The zero-order chi connectivity index (χ0) is 11.0. The summed E-state index contributed by atoms with van der Waals surface area (Å²) >= 11 is 0. The largest absolute Gasteiger partial charge is 0.260 e. The van der Waals surface area contributed by atoms with Crippen LogP contribution >= 0.6 is 0 Å². The van der Waals surface area contributed by atoms with Crippen LogP contribution in [0.25, 0.3) is 22.3 Å². The maximum Gasteiger partial charge on any atom is 0.156 e. The van der Waals surface area contributed by atoms with Crippen LogP contribution in [-0.2, 0) is 0 Å². The number of aromatic nitrogens is 3. The van der Waals surface area contributed by atoms with E-state index in [1.807, 2.05) is 0 Å². The molecule has 0 aliphatic rings. The number of halogens is 1. The highest BCUT2D eigenvalue weighted by Gasteiger charge is 2.08. The Morgan fingerprint density at radius 3 is 3.12 bits per heavy atom. The molecule has 0 amide bonds. The molecule has 1 radical (unpaired) electrons. The fourth-order valence-corrected chi connectivity index (χ4v) is 1.64. The topological polar surface area (TPSA) is 41.6 Å². The van der Waals surface area contributed by atoms with Crippen LogP contribution in [0.4, 0.5) is 4.39 Å². The molecule has 0 saturated heterocycles. The SMILES string of the molecule is Fc1cccc(-c2n[nH]c3ncc[c]c23)c1. The minimum atomic E-state index is -0.280. The Kier molecular flexibility index (Phi) is 1.93. The molecule has 3 nitrogen and oxygen atoms in total. The third-order valence-corrected chi connectivity index (χ3v) is 2.35. The summed E-state index contributed by atoms with van der Waals surface area (Å²) in [5.74, 6) is -0.280. The van der Waals surface area contributed by atoms with Gasteiger partial charge in [-0.3, -0.25) is 5.10 Å². The first-order chi connectivity index (χ1) is 7.84. The van der Waals surface area contributed by atoms with E-state index >= 15 is 0 Å². The van der Waals surface area contributed by atoms with Crippen molar-refractivity contribution in [1.82, 2.24) is 15.2 Å². The summed E-state index contributed by atoms with van der Waals surface area (Å²) in [5.41, 5.74) is 2.04. The van der Waals surface area contributed by atoms with E-state index in [0.29, 0.717) is 11.3 Å². The van der Waals surface area contributed by atoms with Crippen LogP contribution in [0.2, 0.25) is 0 Å². The average Bonchev–Trinajstić information content (AvgIpc) is 2.72. The molecule has 0 atom stereocenters. The number of hydrogen-bond donors (Lipinski definition) is 1. The van der Waals surface area contributed by atoms with Crippen molar-refractivity contribution >= 4 is 11.0 Å². The van der Waals surface area contributed by atoms with Crippen molar-refractivity contribution in [2.24, 2.45) is 0 Å². The Morgan fingerprint density at radius 1 is 1.31 bits per heavy atom. The number of nitrogens with zero attached hydrogens (tertiary/aromatic N) is 2. The fraction of sp³-hybridized carbons (Fsp3) is 0. The van der Waals surface area contributed by atoms with Crippen molar-refractivity contribution in [3.8, 4) is 11.3 Å². The van der Waals surface area contributed by atoms with Crippen molar-refractivity contribution in [2.45, 2.75) is 0 Å². The van der Waals surface area contributed by atoms with E-state index in [1.165, 1.54) is 12.1 Å². The van der Waals surface area contributed by atoms with E-state index in [0.717, 1.165) is 10.9 Å². The highest BCUT2D eigenvalue weighted by atomic mass is 19.1. The van der Waals surface area contributed by atoms with E-state index in [4.69, 9.17) is 0 Å². The quantitative estimate of drug-likeness (QED) is 0.673. The highest BCUT2D eigenvalue weighted by Crippen LogP contribution is 2.24. The molecule has 2 heterocycles. The second-order valence-corrected chi connectivity index (χ2v) is 3.40. The molecule has 0 bridgehead atoms. The average molecular weight is 212 g/mol. The number of pyridine rings is 1. The number of benzene rings is 1. The van der Waals surface area contributed by atoms with Crippen LogP contribution in [0, 0.1) is 11.9 Å². The number of aromatic amines is 1. The van der Waals surface area contributed by atoms with Crippen LogP contribution in [0.1, 0.15) is 0 Å². The van der Waals surface area contributed by atoms with Crippen molar-refractivity contribution < 1.29 is 4.39 Å². The third-order valence-electron chi connectivity index (χ3n) is 2.35. The molecule has 3 rings (SSSR count). The molecule has 3 aromatic rings. The summed E-state index contributed by atoms with van der Waals surface area (Å²) in [6.45, 7) is 0. The minimum absolute atomic E-state index is 0.280. The monoisotopic (exact) mass is 212 g/mol. The lowest BCUT2D eigenvalue weighted by molar-refractivity contribution is 0.628. The third kappa shape index (κ3) is 1.35. The number of H-pyrrole nitrogens is 1. The van der Waals surface area contributed by atoms with E-state index < -0.39 is 0 Å². The molecule has 0 unspecified atom stereocenters. The predicted molar refractivity (Wildman–Crippen MR) is 58.1 cm³/mol. The standard InChI is InChI=1S/C12H7FN3/c13-9-4-1-3-8(7-9)11-10-5-2-6-14-12(10)16-15-11/h1-4,6-7H,(H,14,15,16). The van der Waals surface area contributed by atoms with Crippen LogP contribution in [0.15, 0.2) is 36.5 Å². The summed E-state index contributed by atoms with van der Waals surface area (Å²) in [5, 5.41) is 7.68. The lowest BCUT2D eigenvalue weighted by Gasteiger charge is -1.96. The molecule has 0 fully saturated rings. The fourth-order valence-electron chi connectivity index (χ4n) is 1.64. The molecule has 1 N–H and O–H groups in total. The Balaban J connectivity index is 2.26. The Hall–Kier alpha value is -2.23. The normalized spacial score (nSPS) is 10.8. The van der Waals surface area contributed by atoms with Gasteiger partial charge in [0.2, 0.25) is 0 Å². The molecule has 0 aliphatic carbocycles. The Bertz CT molecular complexity index is 645. The second-order valence-electron chi connectivity index (χ2n) is 3.40. The maximum atomic E-state index is 13.1. The van der Waals surface area contributed by atoms with E-state index in [-0.39, 0.29) is 5.82 Å². The van der Waals surface area contributed by atoms with Gasteiger partial charge in [-0.25, -0.2) is 9.37 Å². The first-order valence-electron chi connectivity index (χ1n) is 4.81. The Labute approximate surface area is 91.0 Å². The van der Waals surface area contributed by atoms with Gasteiger partial charge in [-0.1, -0.05) is 12.1 Å². The summed E-state index contributed by atoms with van der Waals surface area (Å²) in [7, 11) is 0. The zero-order valence-corrected chi connectivity index (χ0v) is 8.24. The van der Waals surface area contributed by atoms with Crippen LogP contribution < -0.4 is 0 Å². The van der Waals surface area contributed by atoms with Gasteiger partial charge in [0, 0.05) is 11.8 Å². The Morgan fingerprint density at radius 2 is 2.25 bits per heavy atom. The van der Waals surface area contributed by atoms with Gasteiger partial charge < -0.3 is 0 Å². The molecule has 0 saturated carbocycles. The maximum absolute atomic E-state index is 13.1. The smallest absolute Gasteiger partial charge is 0.156 e. The van der Waals surface area contributed by atoms with Gasteiger partial charge in [0.1, 0.15) is 11.5 Å². The van der Waals surface area contributed by atoms with E-state index in [2.05, 4.69) is 21.2 Å². The van der Waals surface area contributed by atoms with Gasteiger partial charge in [0.15, 0.2) is 5.65 Å². The van der Waals surface area contributed by atoms with Gasteiger partial charge in [0.25, 0.3) is 0 Å². The molecule has 4 heteroatoms. The van der Waals surface area contributed by atoms with Crippen LogP contribution in [0.3, 0.4) is 0 Å². The molecule has 0 spiro atoms. The van der Waals surface area contributed by atoms with Gasteiger partial charge in [-0.2, -0.15) is 5.10 Å². The van der Waals surface area contributed by atoms with Crippen molar-refractivity contribution in [2.75, 3.05) is 0 Å². The predicted octanol–water partition coefficient (Wildman–Crippen LogP) is 2.56. The molecule has 1 aromatic carbocycles. The lowest BCUT2D eigenvalue weighted by atomic mass is 10.1. The highest BCUT2D eigenvalue weighted by molar-refractivity contribution is 5.89. The zero-order valence-electron chi connectivity index (χ0n) is 8.24. The lowest BCUT2D eigenvalue weighted by Crippen LogP contribution is -1.80. The summed E-state index contributed by atoms with van der Waals surface area (Å²) in [6, 6.07) is 11.1. The molecule has 2 aromatic heterocycles. The number of fused-ring (bicyclic) bond motifs is 1. The molecule has 0 aliphatic heterocycles. The van der Waals surface area contributed by atoms with Crippen molar-refractivity contribution in [3.63, 3.8) is 0 Å². The molecule has 16 heavy (non-hydrogen) atoms. The van der Waals surface area contributed by atoms with Gasteiger partial charge in [-0.05, 0) is 24.3 Å². The molecular formula is C12H7FN3. The number of rotatable bonds is 1. The van der Waals surface area contributed by atoms with Gasteiger partial charge >= 0.3 is 0 Å². The van der Waals surface area contributed by atoms with Crippen LogP contribution in [-0.4, -0.2) is 15.2 Å². The van der Waals surface area contributed by atoms with Gasteiger partial charge in [-0.15, -0.1) is 0 Å². The van der Waals surface area contributed by atoms with Crippen molar-refractivity contribution in [1.29, 1.82) is 0 Å².